The van der Waals surface area contributed by atoms with Crippen LogP contribution in [0.1, 0.15) is 35.7 Å². The van der Waals surface area contributed by atoms with Crippen molar-refractivity contribution in [2.24, 2.45) is 7.05 Å². The lowest BCUT2D eigenvalue weighted by Crippen LogP contribution is -2.22. The highest BCUT2D eigenvalue weighted by molar-refractivity contribution is 5.68. The van der Waals surface area contributed by atoms with E-state index in [2.05, 4.69) is 20.1 Å². The van der Waals surface area contributed by atoms with Crippen molar-refractivity contribution in [2.75, 3.05) is 6.61 Å². The third-order valence-corrected chi connectivity index (χ3v) is 5.17. The molecule has 0 unspecified atom stereocenters. The monoisotopic (exact) mass is 414 g/mol. The predicted octanol–water partition coefficient (Wildman–Crippen LogP) is 2.08. The molecule has 0 bridgehead atoms. The van der Waals surface area contributed by atoms with E-state index < -0.39 is 11.6 Å². The number of nitrogens with zero attached hydrogens (tertiary/aromatic N) is 6. The lowest BCUT2D eigenvalue weighted by molar-refractivity contribution is 0.109. The summed E-state index contributed by atoms with van der Waals surface area (Å²) in [7, 11) is 1.72. The number of imidazole rings is 1. The Labute approximate surface area is 167 Å². The SMILES string of the molecule is Cn1cnc2ncn(Cc3nc([C@@H]4CO[C@@H](c5ccc(F)c(F)c5)C4)no3)c(=O)c21. The Hall–Kier alpha value is -3.47. The summed E-state index contributed by atoms with van der Waals surface area (Å²) in [4.78, 5) is 25.2. The smallest absolute Gasteiger partial charge is 0.280 e. The molecule has 11 heteroatoms. The molecule has 5 rings (SSSR count). The lowest BCUT2D eigenvalue weighted by Gasteiger charge is -2.09. The summed E-state index contributed by atoms with van der Waals surface area (Å²) in [5, 5.41) is 4.00. The molecule has 30 heavy (non-hydrogen) atoms. The molecule has 1 aliphatic heterocycles. The number of rotatable bonds is 4. The van der Waals surface area contributed by atoms with E-state index in [0.29, 0.717) is 35.6 Å². The first-order chi connectivity index (χ1) is 14.5. The first kappa shape index (κ1) is 18.6. The molecule has 4 aromatic rings. The average Bonchev–Trinajstić information content (AvgIpc) is 3.46. The first-order valence-electron chi connectivity index (χ1n) is 9.25. The normalized spacial score (nSPS) is 19.0. The highest BCUT2D eigenvalue weighted by atomic mass is 19.2. The summed E-state index contributed by atoms with van der Waals surface area (Å²) < 4.78 is 40.6. The van der Waals surface area contributed by atoms with Gasteiger partial charge in [0.1, 0.15) is 12.9 Å². The van der Waals surface area contributed by atoms with Crippen LogP contribution < -0.4 is 5.56 Å². The third-order valence-electron chi connectivity index (χ3n) is 5.17. The molecular formula is C19H16F2N6O3. The molecule has 3 aromatic heterocycles. The predicted molar refractivity (Wildman–Crippen MR) is 98.6 cm³/mol. The molecule has 0 spiro atoms. The van der Waals surface area contributed by atoms with Gasteiger partial charge in [0.15, 0.2) is 28.6 Å². The van der Waals surface area contributed by atoms with Crippen LogP contribution in [0.25, 0.3) is 11.2 Å². The molecule has 0 N–H and O–H groups in total. The van der Waals surface area contributed by atoms with Crippen LogP contribution in [0.15, 0.2) is 40.2 Å². The van der Waals surface area contributed by atoms with Crippen molar-refractivity contribution in [3.63, 3.8) is 0 Å². The second-order valence-corrected chi connectivity index (χ2v) is 7.18. The molecule has 1 aromatic carbocycles. The van der Waals surface area contributed by atoms with Crippen LogP contribution in [0.5, 0.6) is 0 Å². The van der Waals surface area contributed by atoms with Gasteiger partial charge in [-0.1, -0.05) is 11.2 Å². The number of hydrogen-bond acceptors (Lipinski definition) is 7. The Morgan fingerprint density at radius 2 is 2.03 bits per heavy atom. The minimum Gasteiger partial charge on any atom is -0.373 e. The summed E-state index contributed by atoms with van der Waals surface area (Å²) in [5.41, 5.74) is 1.05. The van der Waals surface area contributed by atoms with Crippen LogP contribution in [0.4, 0.5) is 8.78 Å². The Balaban J connectivity index is 1.33. The second-order valence-electron chi connectivity index (χ2n) is 7.18. The van der Waals surface area contributed by atoms with Gasteiger partial charge in [-0.2, -0.15) is 4.98 Å². The fraction of sp³-hybridized carbons (Fsp3) is 0.316. The molecule has 9 nitrogen and oxygen atoms in total. The van der Waals surface area contributed by atoms with E-state index in [4.69, 9.17) is 9.26 Å². The Bertz CT molecular complexity index is 1300. The van der Waals surface area contributed by atoms with Gasteiger partial charge < -0.3 is 13.8 Å². The van der Waals surface area contributed by atoms with E-state index in [1.807, 2.05) is 0 Å². The molecule has 0 radical (unpaired) electrons. The highest BCUT2D eigenvalue weighted by Gasteiger charge is 2.31. The van der Waals surface area contributed by atoms with E-state index in [0.717, 1.165) is 12.1 Å². The van der Waals surface area contributed by atoms with Gasteiger partial charge in [0.2, 0.25) is 5.89 Å². The standard InChI is InChI=1S/C19H16F2N6O3/c1-26-8-22-18-16(26)19(28)27(9-23-18)6-15-24-17(25-30-15)11-5-14(29-7-11)10-2-3-12(20)13(21)4-10/h2-4,8-9,11,14H,5-7H2,1H3/t11-,14+/m0/s1. The minimum absolute atomic E-state index is 0.0696. The maximum atomic E-state index is 13.5. The van der Waals surface area contributed by atoms with E-state index >= 15 is 0 Å². The Morgan fingerprint density at radius 1 is 1.20 bits per heavy atom. The van der Waals surface area contributed by atoms with E-state index in [9.17, 15) is 13.6 Å². The zero-order chi connectivity index (χ0) is 20.8. The highest BCUT2D eigenvalue weighted by Crippen LogP contribution is 2.37. The van der Waals surface area contributed by atoms with Crippen molar-refractivity contribution < 1.29 is 18.0 Å². The zero-order valence-corrected chi connectivity index (χ0v) is 15.8. The van der Waals surface area contributed by atoms with Crippen LogP contribution in [-0.4, -0.2) is 35.8 Å². The molecule has 0 aliphatic carbocycles. The molecule has 0 amide bonds. The van der Waals surface area contributed by atoms with Crippen molar-refractivity contribution in [3.8, 4) is 0 Å². The van der Waals surface area contributed by atoms with Gasteiger partial charge in [0.25, 0.3) is 5.56 Å². The summed E-state index contributed by atoms with van der Waals surface area (Å²) in [6, 6.07) is 3.72. The fourth-order valence-electron chi connectivity index (χ4n) is 3.58. The molecule has 1 fully saturated rings. The fourth-order valence-corrected chi connectivity index (χ4v) is 3.58. The lowest BCUT2D eigenvalue weighted by atomic mass is 10.00. The number of fused-ring (bicyclic) bond motifs is 1. The number of halogens is 2. The average molecular weight is 414 g/mol. The van der Waals surface area contributed by atoms with Gasteiger partial charge in [-0.3, -0.25) is 9.36 Å². The Kier molecular flexibility index (Phi) is 4.39. The van der Waals surface area contributed by atoms with Crippen LogP contribution in [0.2, 0.25) is 0 Å². The van der Waals surface area contributed by atoms with Crippen molar-refractivity contribution in [1.82, 2.24) is 29.2 Å². The van der Waals surface area contributed by atoms with Gasteiger partial charge >= 0.3 is 0 Å². The van der Waals surface area contributed by atoms with Gasteiger partial charge in [-0.25, -0.2) is 18.7 Å². The van der Waals surface area contributed by atoms with Gasteiger partial charge in [-0.05, 0) is 24.1 Å². The van der Waals surface area contributed by atoms with E-state index in [1.54, 1.807) is 11.6 Å². The van der Waals surface area contributed by atoms with Crippen molar-refractivity contribution >= 4 is 11.2 Å². The second kappa shape index (κ2) is 7.10. The number of hydrogen-bond donors (Lipinski definition) is 0. The number of ether oxygens (including phenoxy) is 1. The zero-order valence-electron chi connectivity index (χ0n) is 15.8. The largest absolute Gasteiger partial charge is 0.373 e. The summed E-state index contributed by atoms with van der Waals surface area (Å²) in [5.74, 6) is -1.27. The molecule has 154 valence electrons. The quantitative estimate of drug-likeness (QED) is 0.504. The maximum Gasteiger partial charge on any atom is 0.280 e. The van der Waals surface area contributed by atoms with E-state index in [1.165, 1.54) is 23.3 Å². The summed E-state index contributed by atoms with van der Waals surface area (Å²) >= 11 is 0. The molecule has 0 saturated carbocycles. The number of aromatic nitrogens is 6. The minimum atomic E-state index is -0.911. The molecule has 1 saturated heterocycles. The van der Waals surface area contributed by atoms with Gasteiger partial charge in [0, 0.05) is 13.0 Å². The maximum absolute atomic E-state index is 13.5. The van der Waals surface area contributed by atoms with E-state index in [-0.39, 0.29) is 30.0 Å². The van der Waals surface area contributed by atoms with Crippen LogP contribution in [0.3, 0.4) is 0 Å². The molecule has 4 heterocycles. The Morgan fingerprint density at radius 3 is 2.87 bits per heavy atom. The summed E-state index contributed by atoms with van der Waals surface area (Å²) in [6.07, 6.45) is 3.04. The van der Waals surface area contributed by atoms with Crippen molar-refractivity contribution in [3.05, 3.63) is 70.1 Å². The summed E-state index contributed by atoms with van der Waals surface area (Å²) in [6.45, 7) is 0.394. The van der Waals surface area contributed by atoms with Gasteiger partial charge in [-0.15, -0.1) is 0 Å². The molecule has 1 aliphatic rings. The van der Waals surface area contributed by atoms with Crippen molar-refractivity contribution in [2.45, 2.75) is 25.0 Å². The molecule has 2 atom stereocenters. The third kappa shape index (κ3) is 3.16. The van der Waals surface area contributed by atoms with Crippen LogP contribution in [-0.2, 0) is 18.3 Å². The first-order valence-corrected chi connectivity index (χ1v) is 9.25. The van der Waals surface area contributed by atoms with Gasteiger partial charge in [0.05, 0.1) is 19.0 Å². The number of aryl methyl sites for hydroxylation is 1. The van der Waals surface area contributed by atoms with Crippen molar-refractivity contribution in [1.29, 1.82) is 0 Å². The molecular weight excluding hydrogens is 398 g/mol. The number of benzene rings is 1. The van der Waals surface area contributed by atoms with Crippen LogP contribution >= 0.6 is 0 Å². The van der Waals surface area contributed by atoms with Crippen LogP contribution in [0, 0.1) is 11.6 Å². The topological polar surface area (TPSA) is 101 Å².